The van der Waals surface area contributed by atoms with Crippen molar-refractivity contribution >= 4 is 11.8 Å². The molecule has 1 rings (SSSR count). The molecule has 1 aromatic heterocycles. The highest BCUT2D eigenvalue weighted by Gasteiger charge is 2.14. The van der Waals surface area contributed by atoms with Gasteiger partial charge in [-0.15, -0.1) is 0 Å². The lowest BCUT2D eigenvalue weighted by atomic mass is 10.4. The van der Waals surface area contributed by atoms with Crippen molar-refractivity contribution in [3.8, 4) is 0 Å². The molecule has 7 heteroatoms. The number of H-pyrrole nitrogens is 1. The van der Waals surface area contributed by atoms with E-state index >= 15 is 0 Å². The molecule has 7 nitrogen and oxygen atoms in total. The van der Waals surface area contributed by atoms with Crippen LogP contribution in [0.1, 0.15) is 12.7 Å². The first-order valence-electron chi connectivity index (χ1n) is 4.80. The molecule has 1 N–H and O–H groups in total. The van der Waals surface area contributed by atoms with Crippen molar-refractivity contribution in [2.45, 2.75) is 13.5 Å². The van der Waals surface area contributed by atoms with Gasteiger partial charge in [-0.2, -0.15) is 5.10 Å². The van der Waals surface area contributed by atoms with Crippen LogP contribution in [0.2, 0.25) is 0 Å². The fourth-order valence-electron chi connectivity index (χ4n) is 1.05. The molecule has 0 spiro atoms. The van der Waals surface area contributed by atoms with E-state index < -0.39 is 0 Å². The van der Waals surface area contributed by atoms with Gasteiger partial charge in [0.05, 0.1) is 13.1 Å². The number of rotatable bonds is 4. The van der Waals surface area contributed by atoms with Crippen molar-refractivity contribution in [2.75, 3.05) is 20.6 Å². The van der Waals surface area contributed by atoms with E-state index in [-0.39, 0.29) is 18.4 Å². The third-order valence-corrected chi connectivity index (χ3v) is 2.19. The summed E-state index contributed by atoms with van der Waals surface area (Å²) in [6, 6.07) is 0. The standard InChI is InChI=1S/C9H15N5O2/c1-7(15)13(2)5-9(16)14(3)4-8-10-6-11-12-8/h6H,4-5H2,1-3H3,(H,10,11,12). The predicted octanol–water partition coefficient (Wildman–Crippen LogP) is -0.759. The average molecular weight is 225 g/mol. The lowest BCUT2D eigenvalue weighted by Crippen LogP contribution is -2.38. The SMILES string of the molecule is CC(=O)N(C)CC(=O)N(C)Cc1ncn[nH]1. The van der Waals surface area contributed by atoms with Gasteiger partial charge < -0.3 is 9.80 Å². The molecule has 0 radical (unpaired) electrons. The smallest absolute Gasteiger partial charge is 0.242 e. The molecule has 2 amide bonds. The van der Waals surface area contributed by atoms with Crippen LogP contribution in [0.5, 0.6) is 0 Å². The van der Waals surface area contributed by atoms with Gasteiger partial charge in [0.25, 0.3) is 0 Å². The summed E-state index contributed by atoms with van der Waals surface area (Å²) in [6.07, 6.45) is 1.38. The van der Waals surface area contributed by atoms with Gasteiger partial charge in [0.1, 0.15) is 12.2 Å². The van der Waals surface area contributed by atoms with Crippen LogP contribution in [0.3, 0.4) is 0 Å². The Labute approximate surface area is 93.4 Å². The van der Waals surface area contributed by atoms with E-state index in [0.29, 0.717) is 12.4 Å². The molecule has 0 bridgehead atoms. The molecule has 0 aliphatic heterocycles. The predicted molar refractivity (Wildman–Crippen MR) is 56.2 cm³/mol. The maximum atomic E-state index is 11.7. The quantitative estimate of drug-likeness (QED) is 0.730. The van der Waals surface area contributed by atoms with Gasteiger partial charge in [-0.05, 0) is 0 Å². The second-order valence-electron chi connectivity index (χ2n) is 3.56. The first-order valence-corrected chi connectivity index (χ1v) is 4.80. The highest BCUT2D eigenvalue weighted by molar-refractivity contribution is 5.83. The number of hydrogen-bond acceptors (Lipinski definition) is 4. The van der Waals surface area contributed by atoms with Gasteiger partial charge in [0, 0.05) is 21.0 Å². The molecule has 0 fully saturated rings. The minimum atomic E-state index is -0.144. The second kappa shape index (κ2) is 5.24. The number of hydrogen-bond donors (Lipinski definition) is 1. The monoisotopic (exact) mass is 225 g/mol. The van der Waals surface area contributed by atoms with Crippen molar-refractivity contribution in [3.63, 3.8) is 0 Å². The minimum Gasteiger partial charge on any atom is -0.337 e. The molecule has 0 atom stereocenters. The minimum absolute atomic E-state index is 0.0694. The zero-order chi connectivity index (χ0) is 12.1. The van der Waals surface area contributed by atoms with Crippen molar-refractivity contribution in [3.05, 3.63) is 12.2 Å². The molecule has 0 saturated carbocycles. The first kappa shape index (κ1) is 12.2. The lowest BCUT2D eigenvalue weighted by molar-refractivity contribution is -0.137. The number of nitrogens with zero attached hydrogens (tertiary/aromatic N) is 4. The first-order chi connectivity index (χ1) is 7.50. The van der Waals surface area contributed by atoms with E-state index in [4.69, 9.17) is 0 Å². The van der Waals surface area contributed by atoms with Crippen LogP contribution in [0.15, 0.2) is 6.33 Å². The van der Waals surface area contributed by atoms with Crippen LogP contribution >= 0.6 is 0 Å². The Hall–Kier alpha value is -1.92. The molecular weight excluding hydrogens is 210 g/mol. The van der Waals surface area contributed by atoms with Crippen LogP contribution in [0.4, 0.5) is 0 Å². The fourth-order valence-corrected chi connectivity index (χ4v) is 1.05. The average Bonchev–Trinajstić information content (AvgIpc) is 2.69. The number of aromatic amines is 1. The summed E-state index contributed by atoms with van der Waals surface area (Å²) in [4.78, 5) is 29.4. The molecule has 1 heterocycles. The molecule has 0 aliphatic carbocycles. The molecule has 16 heavy (non-hydrogen) atoms. The zero-order valence-electron chi connectivity index (χ0n) is 9.60. The van der Waals surface area contributed by atoms with E-state index in [1.165, 1.54) is 23.1 Å². The van der Waals surface area contributed by atoms with Crippen LogP contribution in [-0.2, 0) is 16.1 Å². The molecule has 1 aromatic rings. The Bertz CT molecular complexity index is 362. The van der Waals surface area contributed by atoms with Gasteiger partial charge in [-0.25, -0.2) is 4.98 Å². The molecule has 0 aliphatic rings. The van der Waals surface area contributed by atoms with E-state index in [2.05, 4.69) is 15.2 Å². The fraction of sp³-hybridized carbons (Fsp3) is 0.556. The van der Waals surface area contributed by atoms with Crippen LogP contribution in [0, 0.1) is 0 Å². The Morgan fingerprint density at radius 2 is 2.06 bits per heavy atom. The summed E-state index contributed by atoms with van der Waals surface area (Å²) < 4.78 is 0. The van der Waals surface area contributed by atoms with Crippen molar-refractivity contribution < 1.29 is 9.59 Å². The Morgan fingerprint density at radius 1 is 1.38 bits per heavy atom. The summed E-state index contributed by atoms with van der Waals surface area (Å²) in [5.41, 5.74) is 0. The summed E-state index contributed by atoms with van der Waals surface area (Å²) in [5.74, 6) is 0.330. The topological polar surface area (TPSA) is 82.2 Å². The Balaban J connectivity index is 2.45. The molecule has 0 aromatic carbocycles. The largest absolute Gasteiger partial charge is 0.337 e. The highest BCUT2D eigenvalue weighted by atomic mass is 16.2. The number of carbonyl (C=O) groups is 2. The van der Waals surface area contributed by atoms with Gasteiger partial charge in [0.2, 0.25) is 11.8 Å². The van der Waals surface area contributed by atoms with Gasteiger partial charge >= 0.3 is 0 Å². The van der Waals surface area contributed by atoms with Crippen molar-refractivity contribution in [1.29, 1.82) is 0 Å². The maximum absolute atomic E-state index is 11.7. The van der Waals surface area contributed by atoms with Crippen molar-refractivity contribution in [1.82, 2.24) is 25.0 Å². The number of carbonyl (C=O) groups excluding carboxylic acids is 2. The summed E-state index contributed by atoms with van der Waals surface area (Å²) in [6.45, 7) is 1.84. The lowest BCUT2D eigenvalue weighted by Gasteiger charge is -2.20. The normalized spacial score (nSPS) is 9.94. The van der Waals surface area contributed by atoms with Crippen LogP contribution in [-0.4, -0.2) is 57.4 Å². The molecule has 88 valence electrons. The Morgan fingerprint density at radius 3 is 2.56 bits per heavy atom. The third kappa shape index (κ3) is 3.34. The number of aromatic nitrogens is 3. The molecular formula is C9H15N5O2. The van der Waals surface area contributed by atoms with Crippen LogP contribution < -0.4 is 0 Å². The summed E-state index contributed by atoms with van der Waals surface area (Å²) >= 11 is 0. The summed E-state index contributed by atoms with van der Waals surface area (Å²) in [7, 11) is 3.24. The van der Waals surface area contributed by atoms with E-state index in [1.54, 1.807) is 14.1 Å². The second-order valence-corrected chi connectivity index (χ2v) is 3.56. The van der Waals surface area contributed by atoms with Crippen LogP contribution in [0.25, 0.3) is 0 Å². The van der Waals surface area contributed by atoms with E-state index in [9.17, 15) is 9.59 Å². The van der Waals surface area contributed by atoms with E-state index in [1.807, 2.05) is 0 Å². The zero-order valence-corrected chi connectivity index (χ0v) is 9.60. The van der Waals surface area contributed by atoms with Gasteiger partial charge in [-0.1, -0.05) is 0 Å². The number of nitrogens with one attached hydrogen (secondary N) is 1. The third-order valence-electron chi connectivity index (χ3n) is 2.19. The number of likely N-dealkylation sites (N-methyl/N-ethyl adjacent to an activating group) is 2. The van der Waals surface area contributed by atoms with Gasteiger partial charge in [0.15, 0.2) is 0 Å². The van der Waals surface area contributed by atoms with Crippen molar-refractivity contribution in [2.24, 2.45) is 0 Å². The number of amides is 2. The van der Waals surface area contributed by atoms with Gasteiger partial charge in [-0.3, -0.25) is 14.7 Å². The molecule has 0 unspecified atom stereocenters. The molecule has 0 saturated heterocycles. The Kier molecular flexibility index (Phi) is 3.98. The van der Waals surface area contributed by atoms with E-state index in [0.717, 1.165) is 0 Å². The highest BCUT2D eigenvalue weighted by Crippen LogP contribution is 1.96. The summed E-state index contributed by atoms with van der Waals surface area (Å²) in [5, 5.41) is 6.35. The maximum Gasteiger partial charge on any atom is 0.242 e.